The van der Waals surface area contributed by atoms with E-state index in [4.69, 9.17) is 19.4 Å². The summed E-state index contributed by atoms with van der Waals surface area (Å²) in [5.74, 6) is 1.41. The highest BCUT2D eigenvalue weighted by Gasteiger charge is 2.26. The molecular weight excluding hydrogens is 601 g/mol. The fraction of sp³-hybridized carbons (Fsp3) is 0.0227. The summed E-state index contributed by atoms with van der Waals surface area (Å²) in [4.78, 5) is 14.9. The van der Waals surface area contributed by atoms with Crippen LogP contribution in [0.5, 0.6) is 0 Å². The molecule has 7 aromatic carbocycles. The number of amidine groups is 2. The molecule has 0 radical (unpaired) electrons. The van der Waals surface area contributed by atoms with Gasteiger partial charge in [0, 0.05) is 22.7 Å². The van der Waals surface area contributed by atoms with Gasteiger partial charge in [0.05, 0.1) is 11.1 Å². The predicted octanol–water partition coefficient (Wildman–Crippen LogP) is 10.6. The first-order valence-electron chi connectivity index (χ1n) is 16.5. The molecular formula is C44H28N4O. The maximum absolute atomic E-state index is 6.58. The number of benzene rings is 7. The zero-order valence-electron chi connectivity index (χ0n) is 26.3. The Morgan fingerprint density at radius 3 is 2.06 bits per heavy atom. The molecule has 2 aromatic heterocycles. The van der Waals surface area contributed by atoms with Gasteiger partial charge in [0.1, 0.15) is 17.0 Å². The van der Waals surface area contributed by atoms with Crippen molar-refractivity contribution in [2.45, 2.75) is 6.17 Å². The number of rotatable bonds is 4. The highest BCUT2D eigenvalue weighted by molar-refractivity contribution is 6.23. The van der Waals surface area contributed by atoms with Crippen LogP contribution in [0.2, 0.25) is 0 Å². The van der Waals surface area contributed by atoms with Crippen LogP contribution in [0.15, 0.2) is 172 Å². The summed E-state index contributed by atoms with van der Waals surface area (Å²) < 4.78 is 6.58. The average Bonchev–Trinajstić information content (AvgIpc) is 3.56. The number of nitrogens with zero attached hydrogens (tertiary/aromatic N) is 3. The van der Waals surface area contributed by atoms with E-state index in [-0.39, 0.29) is 0 Å². The van der Waals surface area contributed by atoms with Crippen LogP contribution < -0.4 is 5.32 Å². The second kappa shape index (κ2) is 11.0. The van der Waals surface area contributed by atoms with Crippen LogP contribution in [0.3, 0.4) is 0 Å². The van der Waals surface area contributed by atoms with E-state index in [1.54, 1.807) is 6.20 Å². The van der Waals surface area contributed by atoms with E-state index in [0.717, 1.165) is 50.2 Å². The van der Waals surface area contributed by atoms with Crippen molar-refractivity contribution in [2.24, 2.45) is 9.98 Å². The van der Waals surface area contributed by atoms with Gasteiger partial charge >= 0.3 is 0 Å². The second-order valence-corrected chi connectivity index (χ2v) is 12.4. The van der Waals surface area contributed by atoms with Gasteiger partial charge in [-0.25, -0.2) is 9.98 Å². The fourth-order valence-electron chi connectivity index (χ4n) is 7.29. The standard InChI is InChI=1S/C44H28N4O/c1-3-12-28(13-4-1)42-46-43(29-14-5-2-6-15-29)48-44(47-42)41-40-35-22-21-30(26-38(35)49-37(40)23-24-45-41)36-25-31-20-19-27-11-7-8-16-32(27)39(31)34-18-10-9-17-33(34)36/h1-26,44H,(H,46,47,48). The van der Waals surface area contributed by atoms with Crippen LogP contribution in [0.25, 0.3) is 65.4 Å². The van der Waals surface area contributed by atoms with Crippen molar-refractivity contribution in [1.29, 1.82) is 0 Å². The maximum Gasteiger partial charge on any atom is 0.166 e. The molecule has 230 valence electrons. The molecule has 10 rings (SSSR count). The number of aromatic nitrogens is 1. The number of pyridine rings is 1. The lowest BCUT2D eigenvalue weighted by molar-refractivity contribution is 0.650. The Bertz CT molecular complexity index is 2800. The Morgan fingerprint density at radius 1 is 0.510 bits per heavy atom. The normalized spacial score (nSPS) is 14.7. The zero-order valence-corrected chi connectivity index (χ0v) is 26.3. The maximum atomic E-state index is 6.58. The van der Waals surface area contributed by atoms with Crippen molar-refractivity contribution in [3.63, 3.8) is 0 Å². The number of hydrogen-bond acceptors (Lipinski definition) is 5. The first kappa shape index (κ1) is 27.5. The van der Waals surface area contributed by atoms with Gasteiger partial charge in [-0.05, 0) is 67.7 Å². The number of aliphatic imine (C=N–C) groups is 2. The Hall–Kier alpha value is -6.59. The van der Waals surface area contributed by atoms with Gasteiger partial charge < -0.3 is 9.73 Å². The Morgan fingerprint density at radius 2 is 1.22 bits per heavy atom. The van der Waals surface area contributed by atoms with Crippen molar-refractivity contribution in [3.05, 3.63) is 175 Å². The summed E-state index contributed by atoms with van der Waals surface area (Å²) in [5.41, 5.74) is 6.59. The highest BCUT2D eigenvalue weighted by atomic mass is 16.3. The molecule has 1 aliphatic rings. The topological polar surface area (TPSA) is 62.8 Å². The highest BCUT2D eigenvalue weighted by Crippen LogP contribution is 2.41. The summed E-state index contributed by atoms with van der Waals surface area (Å²) in [6, 6.07) is 52.8. The quantitative estimate of drug-likeness (QED) is 0.197. The minimum atomic E-state index is -0.466. The smallest absolute Gasteiger partial charge is 0.166 e. The van der Waals surface area contributed by atoms with Crippen molar-refractivity contribution in [2.75, 3.05) is 0 Å². The first-order valence-corrected chi connectivity index (χ1v) is 16.5. The molecule has 9 aromatic rings. The zero-order chi connectivity index (χ0) is 32.3. The molecule has 1 N–H and O–H groups in total. The molecule has 0 saturated heterocycles. The Labute approximate surface area is 281 Å². The lowest BCUT2D eigenvalue weighted by atomic mass is 9.90. The molecule has 0 bridgehead atoms. The monoisotopic (exact) mass is 628 g/mol. The lowest BCUT2D eigenvalue weighted by Gasteiger charge is -2.23. The minimum absolute atomic E-state index is 0.466. The van der Waals surface area contributed by atoms with Gasteiger partial charge in [-0.3, -0.25) is 4.98 Å². The molecule has 1 unspecified atom stereocenters. The van der Waals surface area contributed by atoms with E-state index in [0.29, 0.717) is 5.84 Å². The summed E-state index contributed by atoms with van der Waals surface area (Å²) in [6.45, 7) is 0. The molecule has 0 amide bonds. The minimum Gasteiger partial charge on any atom is -0.456 e. The number of furan rings is 1. The van der Waals surface area contributed by atoms with Crippen LogP contribution in [-0.4, -0.2) is 16.7 Å². The van der Waals surface area contributed by atoms with Crippen molar-refractivity contribution in [3.8, 4) is 11.1 Å². The van der Waals surface area contributed by atoms with Gasteiger partial charge in [0.15, 0.2) is 12.0 Å². The summed E-state index contributed by atoms with van der Waals surface area (Å²) >= 11 is 0. The van der Waals surface area contributed by atoms with Crippen molar-refractivity contribution < 1.29 is 4.42 Å². The van der Waals surface area contributed by atoms with E-state index in [9.17, 15) is 0 Å². The fourth-order valence-corrected chi connectivity index (χ4v) is 7.29. The molecule has 49 heavy (non-hydrogen) atoms. The van der Waals surface area contributed by atoms with Gasteiger partial charge in [0.2, 0.25) is 0 Å². The van der Waals surface area contributed by atoms with Crippen molar-refractivity contribution >= 4 is 65.9 Å². The molecule has 0 saturated carbocycles. The second-order valence-electron chi connectivity index (χ2n) is 12.4. The average molecular weight is 629 g/mol. The van der Waals surface area contributed by atoms with Crippen molar-refractivity contribution in [1.82, 2.24) is 10.3 Å². The van der Waals surface area contributed by atoms with Gasteiger partial charge in [-0.1, -0.05) is 127 Å². The molecule has 5 heteroatoms. The van der Waals surface area contributed by atoms with Gasteiger partial charge in [-0.15, -0.1) is 0 Å². The third kappa shape index (κ3) is 4.51. The van der Waals surface area contributed by atoms with E-state index < -0.39 is 6.17 Å². The lowest BCUT2D eigenvalue weighted by Crippen LogP contribution is -2.34. The predicted molar refractivity (Wildman–Crippen MR) is 201 cm³/mol. The number of hydrogen-bond donors (Lipinski definition) is 1. The van der Waals surface area contributed by atoms with Gasteiger partial charge in [0.25, 0.3) is 0 Å². The van der Waals surface area contributed by atoms with Crippen LogP contribution >= 0.6 is 0 Å². The van der Waals surface area contributed by atoms with Crippen LogP contribution in [0.4, 0.5) is 0 Å². The molecule has 0 spiro atoms. The first-order chi connectivity index (χ1) is 24.3. The molecule has 0 fully saturated rings. The molecule has 1 aliphatic heterocycles. The van der Waals surface area contributed by atoms with Crippen LogP contribution in [0.1, 0.15) is 23.0 Å². The van der Waals surface area contributed by atoms with E-state index >= 15 is 0 Å². The summed E-state index contributed by atoms with van der Waals surface area (Å²) in [6.07, 6.45) is 1.33. The van der Waals surface area contributed by atoms with E-state index in [1.165, 1.54) is 37.9 Å². The molecule has 5 nitrogen and oxygen atoms in total. The van der Waals surface area contributed by atoms with Crippen LogP contribution in [-0.2, 0) is 0 Å². The Kier molecular flexibility index (Phi) is 6.18. The third-order valence-corrected chi connectivity index (χ3v) is 9.55. The van der Waals surface area contributed by atoms with E-state index in [1.807, 2.05) is 54.6 Å². The molecule has 3 heterocycles. The van der Waals surface area contributed by atoms with E-state index in [2.05, 4.69) is 102 Å². The van der Waals surface area contributed by atoms with Crippen LogP contribution in [0, 0.1) is 0 Å². The number of fused-ring (bicyclic) bond motifs is 8. The number of nitrogens with one attached hydrogen (secondary N) is 1. The third-order valence-electron chi connectivity index (χ3n) is 9.55. The molecule has 0 aliphatic carbocycles. The largest absolute Gasteiger partial charge is 0.456 e. The Balaban J connectivity index is 1.13. The SMILES string of the molecule is c1ccc(C2=NC(c3nccc4oc5cc(-c6cc7ccc8ccccc8c7c7ccccc67)ccc5c34)NC(c3ccccc3)=N2)cc1. The summed E-state index contributed by atoms with van der Waals surface area (Å²) in [5, 5.41) is 13.0. The summed E-state index contributed by atoms with van der Waals surface area (Å²) in [7, 11) is 0. The van der Waals surface area contributed by atoms with Gasteiger partial charge in [-0.2, -0.15) is 0 Å². The molecule has 1 atom stereocenters.